The van der Waals surface area contributed by atoms with Crippen LogP contribution in [0.5, 0.6) is 5.75 Å². The first-order chi connectivity index (χ1) is 14.8. The molecule has 5 rings (SSSR count). The number of nitrogens with one attached hydrogen (secondary N) is 1. The topological polar surface area (TPSA) is 94.2 Å². The van der Waals surface area contributed by atoms with Crippen molar-refractivity contribution >= 4 is 16.9 Å². The summed E-state index contributed by atoms with van der Waals surface area (Å²) >= 11 is 0. The molecule has 164 valence electrons. The fraction of sp³-hybridized carbons (Fsp3) is 0.522. The summed E-state index contributed by atoms with van der Waals surface area (Å²) in [5.41, 5.74) is 2.98. The SMILES string of the molecule is CC(Oc1cc(-c2cnn(CC(C)(C)O)c2)cc2ncn(C3CC3)c12)[C@H]1CNC(=O)C1. The zero-order valence-corrected chi connectivity index (χ0v) is 18.2. The van der Waals surface area contributed by atoms with Gasteiger partial charge in [-0.25, -0.2) is 4.98 Å². The Hall–Kier alpha value is -2.87. The second-order valence-corrected chi connectivity index (χ2v) is 9.56. The molecule has 0 radical (unpaired) electrons. The van der Waals surface area contributed by atoms with E-state index in [1.54, 1.807) is 24.7 Å². The van der Waals surface area contributed by atoms with Gasteiger partial charge in [0.05, 0.1) is 30.2 Å². The maximum absolute atomic E-state index is 11.7. The third-order valence-corrected chi connectivity index (χ3v) is 6.08. The maximum atomic E-state index is 11.7. The Balaban J connectivity index is 1.51. The average Bonchev–Trinajstić information content (AvgIpc) is 3.09. The van der Waals surface area contributed by atoms with Gasteiger partial charge in [-0.1, -0.05) is 0 Å². The number of aliphatic hydroxyl groups is 1. The van der Waals surface area contributed by atoms with Crippen LogP contribution >= 0.6 is 0 Å². The van der Waals surface area contributed by atoms with Crippen LogP contribution in [0, 0.1) is 5.92 Å². The number of hydrogen-bond donors (Lipinski definition) is 2. The van der Waals surface area contributed by atoms with Crippen LogP contribution in [0.4, 0.5) is 0 Å². The summed E-state index contributed by atoms with van der Waals surface area (Å²) in [6, 6.07) is 4.60. The molecule has 1 aromatic carbocycles. The summed E-state index contributed by atoms with van der Waals surface area (Å²) < 4.78 is 10.4. The van der Waals surface area contributed by atoms with Gasteiger partial charge in [0, 0.05) is 36.7 Å². The predicted molar refractivity (Wildman–Crippen MR) is 117 cm³/mol. The van der Waals surface area contributed by atoms with Gasteiger partial charge in [-0.15, -0.1) is 0 Å². The Morgan fingerprint density at radius 1 is 1.32 bits per heavy atom. The van der Waals surface area contributed by atoms with E-state index in [9.17, 15) is 9.90 Å². The quantitative estimate of drug-likeness (QED) is 0.609. The van der Waals surface area contributed by atoms with Gasteiger partial charge in [0.15, 0.2) is 0 Å². The van der Waals surface area contributed by atoms with E-state index in [2.05, 4.69) is 32.1 Å². The number of aromatic nitrogens is 4. The van der Waals surface area contributed by atoms with Crippen molar-refractivity contribution in [2.75, 3.05) is 6.54 Å². The molecule has 2 N–H and O–H groups in total. The van der Waals surface area contributed by atoms with Gasteiger partial charge >= 0.3 is 0 Å². The molecule has 2 fully saturated rings. The minimum absolute atomic E-state index is 0.0848. The molecule has 1 saturated heterocycles. The van der Waals surface area contributed by atoms with Crippen molar-refractivity contribution < 1.29 is 14.6 Å². The van der Waals surface area contributed by atoms with Crippen LogP contribution in [0.3, 0.4) is 0 Å². The molecule has 3 aromatic rings. The number of benzene rings is 1. The number of amides is 1. The first-order valence-electron chi connectivity index (χ1n) is 11.0. The van der Waals surface area contributed by atoms with Crippen LogP contribution in [0.1, 0.15) is 46.1 Å². The Kier molecular flexibility index (Phi) is 4.77. The number of hydrogen-bond acceptors (Lipinski definition) is 5. The molecule has 8 heteroatoms. The first-order valence-corrected chi connectivity index (χ1v) is 11.0. The summed E-state index contributed by atoms with van der Waals surface area (Å²) in [5.74, 6) is 1.03. The number of nitrogens with zero attached hydrogens (tertiary/aromatic N) is 4. The van der Waals surface area contributed by atoms with Crippen LogP contribution in [0.2, 0.25) is 0 Å². The smallest absolute Gasteiger partial charge is 0.220 e. The Morgan fingerprint density at radius 2 is 2.13 bits per heavy atom. The van der Waals surface area contributed by atoms with Crippen molar-refractivity contribution in [1.29, 1.82) is 0 Å². The molecule has 8 nitrogen and oxygen atoms in total. The van der Waals surface area contributed by atoms with Crippen LogP contribution in [0.15, 0.2) is 30.9 Å². The van der Waals surface area contributed by atoms with Crippen molar-refractivity contribution in [3.05, 3.63) is 30.9 Å². The fourth-order valence-electron chi connectivity index (χ4n) is 4.27. The van der Waals surface area contributed by atoms with E-state index < -0.39 is 5.60 Å². The van der Waals surface area contributed by atoms with E-state index in [1.807, 2.05) is 19.4 Å². The van der Waals surface area contributed by atoms with E-state index in [1.165, 1.54) is 0 Å². The lowest BCUT2D eigenvalue weighted by atomic mass is 10.0. The predicted octanol–water partition coefficient (Wildman–Crippen LogP) is 2.91. The highest BCUT2D eigenvalue weighted by Gasteiger charge is 2.30. The molecular weight excluding hydrogens is 394 g/mol. The largest absolute Gasteiger partial charge is 0.488 e. The van der Waals surface area contributed by atoms with Gasteiger partial charge in [-0.3, -0.25) is 9.48 Å². The van der Waals surface area contributed by atoms with E-state index in [0.717, 1.165) is 40.8 Å². The molecule has 0 bridgehead atoms. The zero-order valence-electron chi connectivity index (χ0n) is 18.2. The number of carbonyl (C=O) groups is 1. The van der Waals surface area contributed by atoms with E-state index in [0.29, 0.717) is 25.6 Å². The van der Waals surface area contributed by atoms with Crippen molar-refractivity contribution in [1.82, 2.24) is 24.6 Å². The first kappa shape index (κ1) is 20.1. The Morgan fingerprint density at radius 3 is 2.81 bits per heavy atom. The van der Waals surface area contributed by atoms with E-state index >= 15 is 0 Å². The molecular formula is C23H29N5O3. The summed E-state index contributed by atoms with van der Waals surface area (Å²) in [6.07, 6.45) is 8.36. The highest BCUT2D eigenvalue weighted by Crippen LogP contribution is 2.41. The molecule has 1 unspecified atom stereocenters. The monoisotopic (exact) mass is 423 g/mol. The molecule has 2 aliphatic rings. The number of rotatable bonds is 7. The summed E-state index contributed by atoms with van der Waals surface area (Å²) in [4.78, 5) is 16.3. The lowest BCUT2D eigenvalue weighted by Gasteiger charge is -2.21. The van der Waals surface area contributed by atoms with Gasteiger partial charge in [-0.2, -0.15) is 5.10 Å². The van der Waals surface area contributed by atoms with Gasteiger partial charge in [0.25, 0.3) is 0 Å². The lowest BCUT2D eigenvalue weighted by molar-refractivity contribution is -0.119. The molecule has 2 atom stereocenters. The second kappa shape index (κ2) is 7.37. The van der Waals surface area contributed by atoms with Gasteiger partial charge in [0.2, 0.25) is 5.91 Å². The molecule has 1 aliphatic carbocycles. The molecule has 3 heterocycles. The molecule has 2 aromatic heterocycles. The van der Waals surface area contributed by atoms with Crippen molar-refractivity contribution in [3.8, 4) is 16.9 Å². The van der Waals surface area contributed by atoms with E-state index in [-0.39, 0.29) is 17.9 Å². The number of fused-ring (bicyclic) bond motifs is 1. The van der Waals surface area contributed by atoms with Crippen molar-refractivity contribution in [2.45, 2.75) is 64.3 Å². The number of ether oxygens (including phenoxy) is 1. The van der Waals surface area contributed by atoms with Crippen molar-refractivity contribution in [2.24, 2.45) is 5.92 Å². The minimum atomic E-state index is -0.841. The van der Waals surface area contributed by atoms with Crippen LogP contribution in [-0.2, 0) is 11.3 Å². The summed E-state index contributed by atoms with van der Waals surface area (Å²) in [7, 11) is 0. The highest BCUT2D eigenvalue weighted by molar-refractivity contribution is 5.88. The van der Waals surface area contributed by atoms with Gasteiger partial charge in [-0.05, 0) is 51.3 Å². The Bertz CT molecular complexity index is 1120. The third kappa shape index (κ3) is 4.17. The van der Waals surface area contributed by atoms with Gasteiger partial charge < -0.3 is 19.7 Å². The average molecular weight is 424 g/mol. The summed E-state index contributed by atoms with van der Waals surface area (Å²) in [6.45, 7) is 6.62. The Labute approximate surface area is 181 Å². The third-order valence-electron chi connectivity index (χ3n) is 6.08. The molecule has 1 amide bonds. The van der Waals surface area contributed by atoms with Crippen LogP contribution < -0.4 is 10.1 Å². The lowest BCUT2D eigenvalue weighted by Crippen LogP contribution is -2.26. The van der Waals surface area contributed by atoms with Crippen LogP contribution in [-0.4, -0.2) is 48.6 Å². The number of imidazole rings is 1. The molecule has 1 aliphatic heterocycles. The van der Waals surface area contributed by atoms with Crippen molar-refractivity contribution in [3.63, 3.8) is 0 Å². The van der Waals surface area contributed by atoms with Crippen LogP contribution in [0.25, 0.3) is 22.2 Å². The number of carbonyl (C=O) groups excluding carboxylic acids is 1. The van der Waals surface area contributed by atoms with E-state index in [4.69, 9.17) is 4.74 Å². The fourth-order valence-corrected chi connectivity index (χ4v) is 4.27. The minimum Gasteiger partial charge on any atom is -0.488 e. The molecule has 0 spiro atoms. The molecule has 1 saturated carbocycles. The maximum Gasteiger partial charge on any atom is 0.220 e. The standard InChI is InChI=1S/C23H29N5O3/c1-14(16-8-21(29)24-9-16)31-20-7-15(17-10-26-27(11-17)12-23(2,3)30)6-19-22(20)28(13-25-19)18-4-5-18/h6-7,10-11,13-14,16,18,30H,4-5,8-9,12H2,1-3H3,(H,24,29)/t14?,16-/m1/s1. The normalized spacial score (nSPS) is 20.3. The summed E-state index contributed by atoms with van der Waals surface area (Å²) in [5, 5.41) is 17.4. The zero-order chi connectivity index (χ0) is 21.8. The molecule has 31 heavy (non-hydrogen) atoms. The van der Waals surface area contributed by atoms with Gasteiger partial charge in [0.1, 0.15) is 17.4 Å². The second-order valence-electron chi connectivity index (χ2n) is 9.56. The highest BCUT2D eigenvalue weighted by atomic mass is 16.5.